The van der Waals surface area contributed by atoms with Crippen LogP contribution in [0.2, 0.25) is 0 Å². The first-order valence-corrected chi connectivity index (χ1v) is 7.55. The van der Waals surface area contributed by atoms with Crippen molar-refractivity contribution in [1.29, 1.82) is 0 Å². The highest BCUT2D eigenvalue weighted by atomic mass is 16.3. The molecule has 1 heterocycles. The van der Waals surface area contributed by atoms with Crippen molar-refractivity contribution >= 4 is 0 Å². The summed E-state index contributed by atoms with van der Waals surface area (Å²) < 4.78 is 0. The van der Waals surface area contributed by atoms with Gasteiger partial charge in [0, 0.05) is 58.6 Å². The molecule has 0 bridgehead atoms. The fourth-order valence-electron chi connectivity index (χ4n) is 2.46. The smallest absolute Gasteiger partial charge is 0.0639 e. The first kappa shape index (κ1) is 17.2. The number of β-amino-alcohol motifs (C(OH)–C–C–N with tert-alkyl or cyclic N) is 1. The fourth-order valence-corrected chi connectivity index (χ4v) is 2.46. The van der Waals surface area contributed by atoms with Gasteiger partial charge in [-0.1, -0.05) is 12.7 Å². The van der Waals surface area contributed by atoms with Crippen LogP contribution in [-0.2, 0) is 0 Å². The molecule has 0 aromatic carbocycles. The molecule has 0 amide bonds. The summed E-state index contributed by atoms with van der Waals surface area (Å²) in [6, 6.07) is 0. The van der Waals surface area contributed by atoms with Crippen LogP contribution in [0, 0.1) is 0 Å². The molecule has 1 aliphatic rings. The van der Waals surface area contributed by atoms with Gasteiger partial charge < -0.3 is 10.0 Å². The van der Waals surface area contributed by atoms with E-state index in [0.29, 0.717) is 0 Å². The van der Waals surface area contributed by atoms with E-state index >= 15 is 0 Å². The van der Waals surface area contributed by atoms with Gasteiger partial charge in [0.1, 0.15) is 0 Å². The van der Waals surface area contributed by atoms with Crippen molar-refractivity contribution in [3.8, 4) is 0 Å². The van der Waals surface area contributed by atoms with Crippen LogP contribution in [0.5, 0.6) is 0 Å². The lowest BCUT2D eigenvalue weighted by atomic mass is 10.2. The summed E-state index contributed by atoms with van der Waals surface area (Å²) in [6.45, 7) is 17.1. The number of likely N-dealkylation sites (N-methyl/N-ethyl adjacent to an activating group) is 1. The molecular formula is C16H31N3O. The van der Waals surface area contributed by atoms with Crippen molar-refractivity contribution in [1.82, 2.24) is 14.7 Å². The Hall–Kier alpha value is -0.840. The summed E-state index contributed by atoms with van der Waals surface area (Å²) >= 11 is 0. The van der Waals surface area contributed by atoms with Crippen molar-refractivity contribution in [3.05, 3.63) is 23.9 Å². The lowest BCUT2D eigenvalue weighted by Gasteiger charge is -2.36. The number of piperazine rings is 1. The molecule has 4 nitrogen and oxygen atoms in total. The van der Waals surface area contributed by atoms with E-state index in [1.165, 1.54) is 5.57 Å². The van der Waals surface area contributed by atoms with Gasteiger partial charge >= 0.3 is 0 Å². The molecular weight excluding hydrogens is 250 g/mol. The van der Waals surface area contributed by atoms with Crippen molar-refractivity contribution < 1.29 is 5.11 Å². The number of aliphatic hydroxyl groups excluding tert-OH is 1. The summed E-state index contributed by atoms with van der Waals surface area (Å²) in [7, 11) is 2.09. The maximum atomic E-state index is 9.43. The second-order valence-corrected chi connectivity index (χ2v) is 5.96. The molecule has 1 saturated heterocycles. The summed E-state index contributed by atoms with van der Waals surface area (Å²) in [5.74, 6) is 0. The Morgan fingerprint density at radius 2 is 1.85 bits per heavy atom. The number of rotatable bonds is 7. The Bertz CT molecular complexity index is 331. The Morgan fingerprint density at radius 3 is 2.30 bits per heavy atom. The van der Waals surface area contributed by atoms with Crippen LogP contribution in [0.25, 0.3) is 0 Å². The largest absolute Gasteiger partial charge is 0.392 e. The zero-order chi connectivity index (χ0) is 15.1. The molecule has 0 aromatic heterocycles. The van der Waals surface area contributed by atoms with Crippen molar-refractivity contribution in [2.75, 3.05) is 52.9 Å². The highest BCUT2D eigenvalue weighted by molar-refractivity contribution is 5.08. The van der Waals surface area contributed by atoms with E-state index < -0.39 is 0 Å². The van der Waals surface area contributed by atoms with E-state index in [1.807, 2.05) is 13.8 Å². The van der Waals surface area contributed by atoms with Crippen molar-refractivity contribution in [2.45, 2.75) is 26.9 Å². The highest BCUT2D eigenvalue weighted by Gasteiger charge is 2.18. The van der Waals surface area contributed by atoms with Crippen LogP contribution in [0.1, 0.15) is 20.8 Å². The topological polar surface area (TPSA) is 30.0 Å². The Labute approximate surface area is 124 Å². The van der Waals surface area contributed by atoms with E-state index in [9.17, 15) is 5.11 Å². The van der Waals surface area contributed by atoms with Crippen LogP contribution < -0.4 is 0 Å². The minimum atomic E-state index is -0.225. The molecule has 1 atom stereocenters. The number of hydrogen-bond acceptors (Lipinski definition) is 4. The third-order valence-corrected chi connectivity index (χ3v) is 3.91. The molecule has 1 aliphatic heterocycles. The van der Waals surface area contributed by atoms with Gasteiger partial charge in [-0.2, -0.15) is 0 Å². The van der Waals surface area contributed by atoms with Crippen LogP contribution >= 0.6 is 0 Å². The zero-order valence-electron chi connectivity index (χ0n) is 13.6. The Kier molecular flexibility index (Phi) is 7.27. The van der Waals surface area contributed by atoms with Gasteiger partial charge in [0.25, 0.3) is 0 Å². The molecule has 1 N–H and O–H groups in total. The van der Waals surface area contributed by atoms with Gasteiger partial charge in [-0.3, -0.25) is 9.80 Å². The number of allylic oxidation sites excluding steroid dienone is 2. The molecule has 0 radical (unpaired) electrons. The molecule has 0 spiro atoms. The van der Waals surface area contributed by atoms with E-state index in [2.05, 4.69) is 41.3 Å². The minimum absolute atomic E-state index is 0.225. The Morgan fingerprint density at radius 1 is 1.30 bits per heavy atom. The number of hydrogen-bond donors (Lipinski definition) is 1. The predicted octanol–water partition coefficient (Wildman–Crippen LogP) is 1.40. The van der Waals surface area contributed by atoms with Gasteiger partial charge in [-0.25, -0.2) is 0 Å². The van der Waals surface area contributed by atoms with Crippen LogP contribution in [-0.4, -0.2) is 78.8 Å². The molecule has 0 aliphatic carbocycles. The van der Waals surface area contributed by atoms with E-state index in [-0.39, 0.29) is 6.10 Å². The van der Waals surface area contributed by atoms with E-state index in [0.717, 1.165) is 51.5 Å². The van der Waals surface area contributed by atoms with Gasteiger partial charge in [0.2, 0.25) is 0 Å². The summed E-state index contributed by atoms with van der Waals surface area (Å²) in [5.41, 5.74) is 2.55. The van der Waals surface area contributed by atoms with Crippen molar-refractivity contribution in [3.63, 3.8) is 0 Å². The van der Waals surface area contributed by atoms with Gasteiger partial charge in [-0.05, 0) is 26.3 Å². The fraction of sp³-hybridized carbons (Fsp3) is 0.750. The monoisotopic (exact) mass is 281 g/mol. The SMILES string of the molecule is C=C(C)N(C)C/C(=C\C)CN1CCN(CC(C)O)CC1. The predicted molar refractivity (Wildman–Crippen MR) is 85.8 cm³/mol. The number of aliphatic hydroxyl groups is 1. The zero-order valence-corrected chi connectivity index (χ0v) is 13.6. The summed E-state index contributed by atoms with van der Waals surface area (Å²) in [5, 5.41) is 9.43. The molecule has 0 aromatic rings. The van der Waals surface area contributed by atoms with Gasteiger partial charge in [0.05, 0.1) is 6.10 Å². The molecule has 4 heteroatoms. The lowest BCUT2D eigenvalue weighted by Crippen LogP contribution is -2.48. The molecule has 116 valence electrons. The van der Waals surface area contributed by atoms with Gasteiger partial charge in [0.15, 0.2) is 0 Å². The van der Waals surface area contributed by atoms with Crippen LogP contribution in [0.3, 0.4) is 0 Å². The maximum absolute atomic E-state index is 9.43. The molecule has 1 unspecified atom stereocenters. The van der Waals surface area contributed by atoms with Crippen molar-refractivity contribution in [2.24, 2.45) is 0 Å². The summed E-state index contributed by atoms with van der Waals surface area (Å²) in [6.07, 6.45) is 2.00. The second kappa shape index (κ2) is 8.45. The molecule has 1 rings (SSSR count). The third-order valence-electron chi connectivity index (χ3n) is 3.91. The minimum Gasteiger partial charge on any atom is -0.392 e. The first-order chi connectivity index (χ1) is 9.42. The van der Waals surface area contributed by atoms with E-state index in [1.54, 1.807) is 0 Å². The quantitative estimate of drug-likeness (QED) is 0.715. The van der Waals surface area contributed by atoms with Gasteiger partial charge in [-0.15, -0.1) is 0 Å². The molecule has 1 fully saturated rings. The second-order valence-electron chi connectivity index (χ2n) is 5.96. The first-order valence-electron chi connectivity index (χ1n) is 7.55. The normalized spacial score (nSPS) is 19.9. The third kappa shape index (κ3) is 6.07. The van der Waals surface area contributed by atoms with Crippen LogP contribution in [0.4, 0.5) is 0 Å². The van der Waals surface area contributed by atoms with E-state index in [4.69, 9.17) is 0 Å². The lowest BCUT2D eigenvalue weighted by molar-refractivity contribution is 0.0838. The molecule has 20 heavy (non-hydrogen) atoms. The maximum Gasteiger partial charge on any atom is 0.0639 e. The Balaban J connectivity index is 2.36. The molecule has 0 saturated carbocycles. The van der Waals surface area contributed by atoms with Crippen LogP contribution in [0.15, 0.2) is 23.9 Å². The standard InChI is InChI=1S/C16H31N3O/c1-6-16(12-17(5)14(2)3)13-19-9-7-18(8-10-19)11-15(4)20/h6,15,20H,2,7-13H2,1,3-5H3/b16-6+. The summed E-state index contributed by atoms with van der Waals surface area (Å²) in [4.78, 5) is 7.04. The highest BCUT2D eigenvalue weighted by Crippen LogP contribution is 2.09. The average molecular weight is 281 g/mol. The number of nitrogens with zero attached hydrogens (tertiary/aromatic N) is 3. The average Bonchev–Trinajstić information content (AvgIpc) is 2.39.